The minimum absolute atomic E-state index is 0.621. The van der Waals surface area contributed by atoms with Gasteiger partial charge >= 0.3 is 0 Å². The number of nitrogens with zero attached hydrogens (tertiary/aromatic N) is 1. The highest BCUT2D eigenvalue weighted by atomic mass is 15.1. The summed E-state index contributed by atoms with van der Waals surface area (Å²) in [6, 6.07) is 2.10. The van der Waals surface area contributed by atoms with E-state index in [9.17, 15) is 0 Å². The molecule has 0 aromatic rings. The van der Waals surface area contributed by atoms with E-state index in [1.54, 1.807) is 0 Å². The molecular formula is C10H22N2. The van der Waals surface area contributed by atoms with Crippen molar-refractivity contribution >= 4 is 0 Å². The van der Waals surface area contributed by atoms with Crippen LogP contribution < -0.4 is 5.32 Å². The van der Waals surface area contributed by atoms with Crippen molar-refractivity contribution in [1.82, 2.24) is 10.2 Å². The van der Waals surface area contributed by atoms with E-state index in [1.165, 1.54) is 19.3 Å². The Bertz CT molecular complexity index is 132. The van der Waals surface area contributed by atoms with Gasteiger partial charge in [0.1, 0.15) is 0 Å². The third-order valence-corrected chi connectivity index (χ3v) is 2.69. The number of hydrogen-bond acceptors (Lipinski definition) is 2. The molecule has 2 nitrogen and oxygen atoms in total. The molecule has 1 aliphatic carbocycles. The third kappa shape index (κ3) is 2.46. The third-order valence-electron chi connectivity index (χ3n) is 2.69. The van der Waals surface area contributed by atoms with Crippen LogP contribution in [0.1, 0.15) is 33.1 Å². The first-order valence-electron chi connectivity index (χ1n) is 5.03. The molecular weight excluding hydrogens is 148 g/mol. The summed E-state index contributed by atoms with van der Waals surface area (Å²) in [6.07, 6.45) is 4.09. The molecule has 1 saturated carbocycles. The number of likely N-dealkylation sites (N-methyl/N-ethyl adjacent to an activating group) is 1. The molecule has 72 valence electrons. The Hall–Kier alpha value is -0.0800. The van der Waals surface area contributed by atoms with Gasteiger partial charge in [-0.05, 0) is 26.9 Å². The van der Waals surface area contributed by atoms with Crippen molar-refractivity contribution in [2.24, 2.45) is 0 Å². The van der Waals surface area contributed by atoms with Crippen molar-refractivity contribution in [3.05, 3.63) is 0 Å². The van der Waals surface area contributed by atoms with Gasteiger partial charge < -0.3 is 10.2 Å². The summed E-state index contributed by atoms with van der Waals surface area (Å²) in [7, 11) is 4.37. The van der Waals surface area contributed by atoms with Gasteiger partial charge in [-0.1, -0.05) is 20.3 Å². The standard InChI is InChI=1S/C10H22N2/c1-8(2)11-9-6-5-7-10(9)12(3)4/h8-11H,5-7H2,1-4H3/t9-,10+/m0/s1. The predicted octanol–water partition coefficient (Wildman–Crippen LogP) is 1.47. The molecule has 0 aromatic heterocycles. The Kier molecular flexibility index (Phi) is 3.53. The summed E-state index contributed by atoms with van der Waals surface area (Å²) in [5, 5.41) is 3.63. The zero-order valence-electron chi connectivity index (χ0n) is 8.80. The summed E-state index contributed by atoms with van der Waals surface area (Å²) in [5.41, 5.74) is 0. The second kappa shape index (κ2) is 4.24. The SMILES string of the molecule is CC(C)N[C@H]1CCC[C@H]1N(C)C. The maximum Gasteiger partial charge on any atom is 0.0243 e. The highest BCUT2D eigenvalue weighted by molar-refractivity contribution is 4.88. The summed E-state index contributed by atoms with van der Waals surface area (Å²) in [4.78, 5) is 2.35. The molecule has 1 aliphatic rings. The van der Waals surface area contributed by atoms with E-state index in [4.69, 9.17) is 0 Å². The van der Waals surface area contributed by atoms with Gasteiger partial charge in [0, 0.05) is 18.1 Å². The predicted molar refractivity (Wildman–Crippen MR) is 53.4 cm³/mol. The topological polar surface area (TPSA) is 15.3 Å². The van der Waals surface area contributed by atoms with Crippen molar-refractivity contribution in [1.29, 1.82) is 0 Å². The Morgan fingerprint density at radius 3 is 2.42 bits per heavy atom. The minimum Gasteiger partial charge on any atom is -0.310 e. The smallest absolute Gasteiger partial charge is 0.0243 e. The van der Waals surface area contributed by atoms with Crippen molar-refractivity contribution < 1.29 is 0 Å². The van der Waals surface area contributed by atoms with E-state index >= 15 is 0 Å². The van der Waals surface area contributed by atoms with E-state index in [0.717, 1.165) is 12.1 Å². The quantitative estimate of drug-likeness (QED) is 0.690. The molecule has 0 spiro atoms. The van der Waals surface area contributed by atoms with Gasteiger partial charge in [-0.25, -0.2) is 0 Å². The van der Waals surface area contributed by atoms with Gasteiger partial charge in [0.2, 0.25) is 0 Å². The molecule has 1 N–H and O–H groups in total. The molecule has 0 unspecified atom stereocenters. The normalized spacial score (nSPS) is 30.5. The lowest BCUT2D eigenvalue weighted by atomic mass is 10.1. The van der Waals surface area contributed by atoms with E-state index in [0.29, 0.717) is 6.04 Å². The van der Waals surface area contributed by atoms with E-state index in [-0.39, 0.29) is 0 Å². The summed E-state index contributed by atoms with van der Waals surface area (Å²) < 4.78 is 0. The highest BCUT2D eigenvalue weighted by Gasteiger charge is 2.28. The fourth-order valence-corrected chi connectivity index (χ4v) is 2.18. The second-order valence-electron chi connectivity index (χ2n) is 4.39. The van der Waals surface area contributed by atoms with Gasteiger partial charge in [0.15, 0.2) is 0 Å². The Balaban J connectivity index is 2.41. The summed E-state index contributed by atoms with van der Waals surface area (Å²) in [6.45, 7) is 4.45. The van der Waals surface area contributed by atoms with Crippen molar-refractivity contribution in [2.75, 3.05) is 14.1 Å². The molecule has 1 rings (SSSR count). The molecule has 0 heterocycles. The van der Waals surface area contributed by atoms with E-state index < -0.39 is 0 Å². The first-order valence-corrected chi connectivity index (χ1v) is 5.03. The average Bonchev–Trinajstić information content (AvgIpc) is 2.33. The molecule has 0 amide bonds. The first kappa shape index (κ1) is 10.0. The molecule has 1 fully saturated rings. The molecule has 2 atom stereocenters. The summed E-state index contributed by atoms with van der Waals surface area (Å²) >= 11 is 0. The van der Waals surface area contributed by atoms with Crippen LogP contribution >= 0.6 is 0 Å². The lowest BCUT2D eigenvalue weighted by Gasteiger charge is -2.28. The van der Waals surface area contributed by atoms with Gasteiger partial charge in [0.25, 0.3) is 0 Å². The van der Waals surface area contributed by atoms with Crippen LogP contribution in [0.5, 0.6) is 0 Å². The number of hydrogen-bond donors (Lipinski definition) is 1. The Labute approximate surface area is 76.3 Å². The molecule has 12 heavy (non-hydrogen) atoms. The summed E-state index contributed by atoms with van der Waals surface area (Å²) in [5.74, 6) is 0. The van der Waals surface area contributed by atoms with Crippen LogP contribution in [0.15, 0.2) is 0 Å². The number of rotatable bonds is 3. The fourth-order valence-electron chi connectivity index (χ4n) is 2.18. The van der Waals surface area contributed by atoms with Gasteiger partial charge in [-0.15, -0.1) is 0 Å². The monoisotopic (exact) mass is 170 g/mol. The van der Waals surface area contributed by atoms with Crippen molar-refractivity contribution in [3.8, 4) is 0 Å². The largest absolute Gasteiger partial charge is 0.310 e. The van der Waals surface area contributed by atoms with E-state index in [1.807, 2.05) is 0 Å². The lowest BCUT2D eigenvalue weighted by Crippen LogP contribution is -2.46. The Morgan fingerprint density at radius 1 is 1.25 bits per heavy atom. The fraction of sp³-hybridized carbons (Fsp3) is 1.00. The van der Waals surface area contributed by atoms with Crippen LogP contribution in [0.3, 0.4) is 0 Å². The first-order chi connectivity index (χ1) is 5.61. The second-order valence-corrected chi connectivity index (χ2v) is 4.39. The molecule has 2 heteroatoms. The molecule has 0 saturated heterocycles. The average molecular weight is 170 g/mol. The van der Waals surface area contributed by atoms with Gasteiger partial charge in [-0.3, -0.25) is 0 Å². The van der Waals surface area contributed by atoms with Gasteiger partial charge in [0.05, 0.1) is 0 Å². The van der Waals surface area contributed by atoms with Crippen LogP contribution in [0, 0.1) is 0 Å². The maximum atomic E-state index is 3.63. The molecule has 0 bridgehead atoms. The van der Waals surface area contributed by atoms with Crippen LogP contribution in [-0.4, -0.2) is 37.1 Å². The molecule has 0 aromatic carbocycles. The lowest BCUT2D eigenvalue weighted by molar-refractivity contribution is 0.245. The zero-order valence-corrected chi connectivity index (χ0v) is 8.80. The zero-order chi connectivity index (χ0) is 9.14. The van der Waals surface area contributed by atoms with Crippen LogP contribution in [0.25, 0.3) is 0 Å². The van der Waals surface area contributed by atoms with Gasteiger partial charge in [-0.2, -0.15) is 0 Å². The minimum atomic E-state index is 0.621. The van der Waals surface area contributed by atoms with E-state index in [2.05, 4.69) is 38.2 Å². The van der Waals surface area contributed by atoms with Crippen molar-refractivity contribution in [3.63, 3.8) is 0 Å². The van der Waals surface area contributed by atoms with Crippen LogP contribution in [0.2, 0.25) is 0 Å². The molecule has 0 aliphatic heterocycles. The maximum absolute atomic E-state index is 3.63. The van der Waals surface area contributed by atoms with Crippen LogP contribution in [0.4, 0.5) is 0 Å². The molecule has 0 radical (unpaired) electrons. The highest BCUT2D eigenvalue weighted by Crippen LogP contribution is 2.22. The van der Waals surface area contributed by atoms with Crippen molar-refractivity contribution in [2.45, 2.75) is 51.2 Å². The Morgan fingerprint density at radius 2 is 1.92 bits per heavy atom. The van der Waals surface area contributed by atoms with Crippen LogP contribution in [-0.2, 0) is 0 Å². The number of nitrogens with one attached hydrogen (secondary N) is 1.